The van der Waals surface area contributed by atoms with E-state index in [9.17, 15) is 35.9 Å². The summed E-state index contributed by atoms with van der Waals surface area (Å²) >= 11 is 0. The lowest BCUT2D eigenvalue weighted by atomic mass is 10.1. The molecule has 2 amide bonds. The largest absolute Gasteiger partial charge is 0.573 e. The normalized spacial score (nSPS) is 14.1. The third-order valence-corrected chi connectivity index (χ3v) is 6.31. The molecule has 0 radical (unpaired) electrons. The highest BCUT2D eigenvalue weighted by molar-refractivity contribution is 5.96. The topological polar surface area (TPSA) is 102 Å². The number of hydrogen-bond acceptors (Lipinski definition) is 7. The number of piperazine rings is 1. The second-order valence-electron chi connectivity index (χ2n) is 9.09. The first-order chi connectivity index (χ1) is 19.9. The third kappa shape index (κ3) is 6.50. The molecule has 0 spiro atoms. The zero-order chi connectivity index (χ0) is 30.1. The van der Waals surface area contributed by atoms with Crippen molar-refractivity contribution in [2.24, 2.45) is 0 Å². The van der Waals surface area contributed by atoms with Crippen molar-refractivity contribution in [3.63, 3.8) is 0 Å². The van der Waals surface area contributed by atoms with Gasteiger partial charge in [-0.1, -0.05) is 17.3 Å². The fourth-order valence-electron chi connectivity index (χ4n) is 4.18. The van der Waals surface area contributed by atoms with E-state index in [0.717, 1.165) is 24.3 Å². The summed E-state index contributed by atoms with van der Waals surface area (Å²) in [5, 5.41) is 3.78. The Kier molecular flexibility index (Phi) is 7.58. The highest BCUT2D eigenvalue weighted by atomic mass is 19.4. The van der Waals surface area contributed by atoms with Crippen LogP contribution in [-0.2, 0) is 6.18 Å². The first-order valence-corrected chi connectivity index (χ1v) is 12.3. The molecule has 0 N–H and O–H groups in total. The van der Waals surface area contributed by atoms with Gasteiger partial charge >= 0.3 is 12.5 Å². The maximum atomic E-state index is 13.0. The van der Waals surface area contributed by atoms with E-state index >= 15 is 0 Å². The van der Waals surface area contributed by atoms with Crippen molar-refractivity contribution in [3.05, 3.63) is 83.6 Å². The molecule has 2 aromatic carbocycles. The number of carbonyl (C=O) groups is 2. The molecule has 0 saturated carbocycles. The van der Waals surface area contributed by atoms with Crippen LogP contribution in [0.25, 0.3) is 23.0 Å². The van der Waals surface area contributed by atoms with Gasteiger partial charge < -0.3 is 19.1 Å². The summed E-state index contributed by atoms with van der Waals surface area (Å²) in [6.07, 6.45) is -7.98. The summed E-state index contributed by atoms with van der Waals surface area (Å²) < 4.78 is 84.4. The van der Waals surface area contributed by atoms with Gasteiger partial charge in [-0.3, -0.25) is 14.6 Å². The molecule has 42 heavy (non-hydrogen) atoms. The van der Waals surface area contributed by atoms with Gasteiger partial charge in [0.05, 0.1) is 11.1 Å². The molecule has 0 bridgehead atoms. The monoisotopic (exact) mass is 591 g/mol. The molecule has 15 heteroatoms. The Hall–Kier alpha value is -4.95. The molecule has 1 fully saturated rings. The number of pyridine rings is 1. The van der Waals surface area contributed by atoms with Crippen molar-refractivity contribution in [1.29, 1.82) is 0 Å². The zero-order valence-corrected chi connectivity index (χ0v) is 21.3. The molecule has 218 valence electrons. The first kappa shape index (κ1) is 28.6. The molecule has 2 aromatic heterocycles. The molecule has 0 aliphatic carbocycles. The number of benzene rings is 2. The van der Waals surface area contributed by atoms with Gasteiger partial charge in [0.25, 0.3) is 17.7 Å². The average Bonchev–Trinajstić information content (AvgIpc) is 3.46. The second-order valence-corrected chi connectivity index (χ2v) is 9.09. The molecule has 4 aromatic rings. The van der Waals surface area contributed by atoms with Crippen LogP contribution in [0.4, 0.5) is 26.3 Å². The van der Waals surface area contributed by atoms with E-state index in [1.165, 1.54) is 52.4 Å². The van der Waals surface area contributed by atoms with Crippen LogP contribution in [-0.4, -0.2) is 69.3 Å². The van der Waals surface area contributed by atoms with Crippen molar-refractivity contribution in [3.8, 4) is 28.7 Å². The number of aromatic nitrogens is 3. The predicted octanol–water partition coefficient (Wildman–Crippen LogP) is 5.31. The summed E-state index contributed by atoms with van der Waals surface area (Å²) in [6, 6.07) is 11.9. The molecule has 5 rings (SSSR count). The van der Waals surface area contributed by atoms with Crippen molar-refractivity contribution in [2.75, 3.05) is 26.2 Å². The fourth-order valence-corrected chi connectivity index (χ4v) is 4.18. The van der Waals surface area contributed by atoms with Crippen LogP contribution in [0.1, 0.15) is 26.3 Å². The number of ether oxygens (including phenoxy) is 1. The molecule has 1 saturated heterocycles. The summed E-state index contributed by atoms with van der Waals surface area (Å²) in [7, 11) is 0. The van der Waals surface area contributed by atoms with Gasteiger partial charge in [-0.05, 0) is 48.5 Å². The van der Waals surface area contributed by atoms with Crippen molar-refractivity contribution < 1.29 is 45.2 Å². The van der Waals surface area contributed by atoms with Gasteiger partial charge in [0.15, 0.2) is 0 Å². The molecule has 3 heterocycles. The van der Waals surface area contributed by atoms with Gasteiger partial charge in [-0.2, -0.15) is 18.2 Å². The smallest absolute Gasteiger partial charge is 0.406 e. The number of amides is 2. The minimum atomic E-state index is -4.83. The number of rotatable bonds is 5. The van der Waals surface area contributed by atoms with Gasteiger partial charge in [-0.25, -0.2) is 0 Å². The van der Waals surface area contributed by atoms with Gasteiger partial charge in [0.2, 0.25) is 5.82 Å². The average molecular weight is 591 g/mol. The van der Waals surface area contributed by atoms with Gasteiger partial charge in [0, 0.05) is 43.5 Å². The first-order valence-electron chi connectivity index (χ1n) is 12.3. The molecule has 0 unspecified atom stereocenters. The highest BCUT2D eigenvalue weighted by Gasteiger charge is 2.32. The Morgan fingerprint density at radius 3 is 1.86 bits per heavy atom. The number of carbonyl (C=O) groups excluding carboxylic acids is 2. The Labute approximate surface area is 233 Å². The van der Waals surface area contributed by atoms with Crippen LogP contribution in [0, 0.1) is 0 Å². The van der Waals surface area contributed by atoms with E-state index in [1.807, 2.05) is 0 Å². The van der Waals surface area contributed by atoms with E-state index < -0.39 is 23.9 Å². The van der Waals surface area contributed by atoms with Crippen LogP contribution < -0.4 is 4.74 Å². The molecule has 9 nitrogen and oxygen atoms in total. The summed E-state index contributed by atoms with van der Waals surface area (Å²) in [5.74, 6) is -1.08. The van der Waals surface area contributed by atoms with Crippen LogP contribution in [0.2, 0.25) is 0 Å². The van der Waals surface area contributed by atoms with E-state index in [1.54, 1.807) is 0 Å². The van der Waals surface area contributed by atoms with E-state index in [2.05, 4.69) is 19.9 Å². The summed E-state index contributed by atoms with van der Waals surface area (Å²) in [4.78, 5) is 37.1. The zero-order valence-electron chi connectivity index (χ0n) is 21.3. The Morgan fingerprint density at radius 2 is 1.33 bits per heavy atom. The lowest BCUT2D eigenvalue weighted by molar-refractivity contribution is -0.274. The van der Waals surface area contributed by atoms with E-state index in [0.29, 0.717) is 5.56 Å². The number of halogens is 6. The third-order valence-electron chi connectivity index (χ3n) is 6.31. The predicted molar refractivity (Wildman–Crippen MR) is 133 cm³/mol. The van der Waals surface area contributed by atoms with E-state index in [4.69, 9.17) is 4.52 Å². The van der Waals surface area contributed by atoms with Crippen LogP contribution in [0.3, 0.4) is 0 Å². The molecule has 1 aliphatic heterocycles. The molecular weight excluding hydrogens is 572 g/mol. The number of hydrogen-bond donors (Lipinski definition) is 0. The minimum Gasteiger partial charge on any atom is -0.406 e. The van der Waals surface area contributed by atoms with Crippen LogP contribution in [0.5, 0.6) is 5.75 Å². The minimum absolute atomic E-state index is 0.00836. The molecular formula is C27H19F6N5O4. The lowest BCUT2D eigenvalue weighted by Gasteiger charge is -2.34. The van der Waals surface area contributed by atoms with Gasteiger partial charge in [0.1, 0.15) is 11.4 Å². The standard InChI is InChI=1S/C27H19F6N5O4/c28-26(29,30)19-6-1-16(2-7-19)22-35-23(42-36-22)21-10-5-18(15-34-21)25(40)38-13-11-37(12-14-38)24(39)17-3-8-20(9-4-17)41-27(31,32)33/h1-10,15H,11-14H2. The van der Waals surface area contributed by atoms with Crippen LogP contribution in [0.15, 0.2) is 71.4 Å². The lowest BCUT2D eigenvalue weighted by Crippen LogP contribution is -2.50. The molecule has 1 aliphatic rings. The molecule has 0 atom stereocenters. The maximum absolute atomic E-state index is 13.0. The Balaban J connectivity index is 1.17. The van der Waals surface area contributed by atoms with Gasteiger partial charge in [-0.15, -0.1) is 13.2 Å². The Morgan fingerprint density at radius 1 is 0.762 bits per heavy atom. The van der Waals surface area contributed by atoms with Crippen LogP contribution >= 0.6 is 0 Å². The van der Waals surface area contributed by atoms with Crippen molar-refractivity contribution >= 4 is 11.8 Å². The van der Waals surface area contributed by atoms with E-state index in [-0.39, 0.29) is 66.5 Å². The quantitative estimate of drug-likeness (QED) is 0.290. The Bertz CT molecular complexity index is 1560. The summed E-state index contributed by atoms with van der Waals surface area (Å²) in [5.41, 5.74) is 0.208. The number of nitrogens with zero attached hydrogens (tertiary/aromatic N) is 5. The maximum Gasteiger partial charge on any atom is 0.573 e. The SMILES string of the molecule is O=C(c1ccc(OC(F)(F)F)cc1)N1CCN(C(=O)c2ccc(-c3nc(-c4ccc(C(F)(F)F)cc4)no3)nc2)CC1. The summed E-state index contributed by atoms with van der Waals surface area (Å²) in [6.45, 7) is 0.876. The van der Waals surface area contributed by atoms with Crippen molar-refractivity contribution in [2.45, 2.75) is 12.5 Å². The highest BCUT2D eigenvalue weighted by Crippen LogP contribution is 2.31. The fraction of sp³-hybridized carbons (Fsp3) is 0.222. The second kappa shape index (κ2) is 11.1. The van der Waals surface area contributed by atoms with Crippen molar-refractivity contribution in [1.82, 2.24) is 24.9 Å². The number of alkyl halides is 6.